The molecule has 1 aromatic heterocycles. The van der Waals surface area contributed by atoms with Gasteiger partial charge in [0.2, 0.25) is 0 Å². The summed E-state index contributed by atoms with van der Waals surface area (Å²) < 4.78 is 42.7. The number of aryl methyl sites for hydroxylation is 1. The lowest BCUT2D eigenvalue weighted by Gasteiger charge is -2.46. The van der Waals surface area contributed by atoms with E-state index in [1.165, 1.54) is 11.3 Å². The number of hydrogen-bond acceptors (Lipinski definition) is 6. The van der Waals surface area contributed by atoms with Crippen LogP contribution in [0.25, 0.3) is 0 Å². The van der Waals surface area contributed by atoms with Crippen LogP contribution in [0.15, 0.2) is 12.1 Å². The minimum absolute atomic E-state index is 0.0586. The fourth-order valence-electron chi connectivity index (χ4n) is 3.18. The van der Waals surface area contributed by atoms with E-state index in [4.69, 9.17) is 4.74 Å². The molecule has 0 N–H and O–H groups in total. The number of alkyl halides is 3. The Hall–Kier alpha value is -1.65. The second kappa shape index (κ2) is 7.16. The summed E-state index contributed by atoms with van der Waals surface area (Å²) in [6.45, 7) is 3.41. The van der Waals surface area contributed by atoms with Gasteiger partial charge in [-0.05, 0) is 31.9 Å². The summed E-state index contributed by atoms with van der Waals surface area (Å²) in [5.41, 5.74) is -0.610. The number of ether oxygens (including phenoxy) is 1. The fraction of sp³-hybridized carbons (Fsp3) is 0.625. The SMILES string of the molecule is Cc1ccc(C(=O)N2CCOC3(CCN(OC(=O)C(F)(F)F)CC3)C2)s1. The van der Waals surface area contributed by atoms with Gasteiger partial charge in [0.25, 0.3) is 5.91 Å². The zero-order valence-corrected chi connectivity index (χ0v) is 15.0. The quantitative estimate of drug-likeness (QED) is 0.774. The van der Waals surface area contributed by atoms with Gasteiger partial charge in [-0.1, -0.05) is 0 Å². The average Bonchev–Trinajstić information content (AvgIpc) is 3.02. The van der Waals surface area contributed by atoms with Crippen LogP contribution < -0.4 is 0 Å². The van der Waals surface area contributed by atoms with Crippen molar-refractivity contribution in [3.63, 3.8) is 0 Å². The number of amides is 1. The van der Waals surface area contributed by atoms with E-state index in [1.54, 1.807) is 11.0 Å². The summed E-state index contributed by atoms with van der Waals surface area (Å²) in [7, 11) is 0. The molecule has 10 heteroatoms. The van der Waals surface area contributed by atoms with Gasteiger partial charge >= 0.3 is 12.1 Å². The van der Waals surface area contributed by atoms with Gasteiger partial charge in [-0.2, -0.15) is 13.2 Å². The van der Waals surface area contributed by atoms with E-state index >= 15 is 0 Å². The van der Waals surface area contributed by atoms with Gasteiger partial charge in [-0.3, -0.25) is 4.79 Å². The lowest BCUT2D eigenvalue weighted by molar-refractivity contribution is -0.250. The molecule has 6 nitrogen and oxygen atoms in total. The Morgan fingerprint density at radius 1 is 1.23 bits per heavy atom. The first-order valence-corrected chi connectivity index (χ1v) is 9.04. The first-order valence-electron chi connectivity index (χ1n) is 8.22. The van der Waals surface area contributed by atoms with Crippen molar-refractivity contribution >= 4 is 23.2 Å². The molecular weight excluding hydrogens is 373 g/mol. The molecule has 1 spiro atoms. The number of carbonyl (C=O) groups is 2. The molecule has 1 amide bonds. The van der Waals surface area contributed by atoms with Crippen molar-refractivity contribution in [3.05, 3.63) is 21.9 Å². The molecule has 144 valence electrons. The van der Waals surface area contributed by atoms with E-state index in [2.05, 4.69) is 4.84 Å². The lowest BCUT2D eigenvalue weighted by Crippen LogP contribution is -2.58. The molecule has 0 atom stereocenters. The van der Waals surface area contributed by atoms with E-state index in [-0.39, 0.29) is 19.0 Å². The number of nitrogens with zero attached hydrogens (tertiary/aromatic N) is 2. The van der Waals surface area contributed by atoms with E-state index in [0.717, 1.165) is 9.94 Å². The number of thiophene rings is 1. The summed E-state index contributed by atoms with van der Waals surface area (Å²) in [6, 6.07) is 3.69. The number of rotatable bonds is 2. The van der Waals surface area contributed by atoms with Crippen LogP contribution in [0.2, 0.25) is 0 Å². The molecule has 3 heterocycles. The summed E-state index contributed by atoms with van der Waals surface area (Å²) >= 11 is 1.43. The fourth-order valence-corrected chi connectivity index (χ4v) is 4.02. The highest BCUT2D eigenvalue weighted by atomic mass is 32.1. The number of hydroxylamine groups is 2. The molecule has 26 heavy (non-hydrogen) atoms. The zero-order chi connectivity index (χ0) is 18.9. The Kier molecular flexibility index (Phi) is 5.27. The van der Waals surface area contributed by atoms with Gasteiger partial charge in [0.1, 0.15) is 0 Å². The molecule has 2 aliphatic rings. The largest absolute Gasteiger partial charge is 0.492 e. The van der Waals surface area contributed by atoms with Gasteiger partial charge in [0, 0.05) is 24.5 Å². The monoisotopic (exact) mass is 392 g/mol. The van der Waals surface area contributed by atoms with Gasteiger partial charge in [0.05, 0.1) is 23.6 Å². The average molecular weight is 392 g/mol. The molecule has 2 saturated heterocycles. The van der Waals surface area contributed by atoms with Gasteiger partial charge < -0.3 is 14.5 Å². The van der Waals surface area contributed by atoms with Gasteiger partial charge in [-0.15, -0.1) is 16.4 Å². The third kappa shape index (κ3) is 4.18. The zero-order valence-electron chi connectivity index (χ0n) is 14.2. The maximum atomic E-state index is 12.6. The Bertz CT molecular complexity index is 683. The minimum atomic E-state index is -5.02. The van der Waals surface area contributed by atoms with Crippen LogP contribution in [0.5, 0.6) is 0 Å². The first-order chi connectivity index (χ1) is 12.2. The minimum Gasteiger partial charge on any atom is -0.371 e. The predicted molar refractivity (Wildman–Crippen MR) is 86.6 cm³/mol. The van der Waals surface area contributed by atoms with Crippen molar-refractivity contribution < 1.29 is 32.3 Å². The Morgan fingerprint density at radius 3 is 2.50 bits per heavy atom. The van der Waals surface area contributed by atoms with Crippen molar-refractivity contribution in [2.75, 3.05) is 32.8 Å². The molecule has 0 unspecified atom stereocenters. The van der Waals surface area contributed by atoms with E-state index in [1.807, 2.05) is 13.0 Å². The molecule has 2 aliphatic heterocycles. The number of piperidine rings is 1. The van der Waals surface area contributed by atoms with Gasteiger partial charge in [-0.25, -0.2) is 4.79 Å². The number of carbonyl (C=O) groups excluding carboxylic acids is 2. The van der Waals surface area contributed by atoms with Crippen molar-refractivity contribution in [3.8, 4) is 0 Å². The van der Waals surface area contributed by atoms with Crippen molar-refractivity contribution in [2.45, 2.75) is 31.5 Å². The van der Waals surface area contributed by atoms with Crippen molar-refractivity contribution in [1.29, 1.82) is 0 Å². The van der Waals surface area contributed by atoms with E-state index < -0.39 is 17.7 Å². The molecule has 0 bridgehead atoms. The number of halogens is 3. The van der Waals surface area contributed by atoms with Crippen LogP contribution in [-0.4, -0.2) is 66.4 Å². The molecule has 2 fully saturated rings. The normalized spacial score (nSPS) is 21.0. The first kappa shape index (κ1) is 19.1. The molecule has 3 rings (SSSR count). The van der Waals surface area contributed by atoms with Crippen molar-refractivity contribution in [1.82, 2.24) is 9.96 Å². The number of morpholine rings is 1. The summed E-state index contributed by atoms with van der Waals surface area (Å²) in [5, 5.41) is 1.01. The van der Waals surface area contributed by atoms with Crippen LogP contribution in [0, 0.1) is 6.92 Å². The maximum Gasteiger partial charge on any atom is 0.492 e. The van der Waals surface area contributed by atoms with E-state index in [9.17, 15) is 22.8 Å². The second-order valence-electron chi connectivity index (χ2n) is 6.47. The van der Waals surface area contributed by atoms with Crippen LogP contribution in [0.1, 0.15) is 27.4 Å². The number of hydrogen-bond donors (Lipinski definition) is 0. The van der Waals surface area contributed by atoms with E-state index in [0.29, 0.717) is 37.4 Å². The molecular formula is C16H19F3N2O4S. The highest BCUT2D eigenvalue weighted by Crippen LogP contribution is 2.32. The molecule has 0 aromatic carbocycles. The van der Waals surface area contributed by atoms with Crippen molar-refractivity contribution in [2.24, 2.45) is 0 Å². The predicted octanol–water partition coefficient (Wildman–Crippen LogP) is 2.38. The highest BCUT2D eigenvalue weighted by Gasteiger charge is 2.45. The Balaban J connectivity index is 1.58. The summed E-state index contributed by atoms with van der Waals surface area (Å²) in [6.07, 6.45) is -4.25. The maximum absolute atomic E-state index is 12.6. The second-order valence-corrected chi connectivity index (χ2v) is 7.76. The van der Waals surface area contributed by atoms with Crippen LogP contribution in [-0.2, 0) is 14.4 Å². The third-order valence-corrected chi connectivity index (χ3v) is 5.55. The van der Waals surface area contributed by atoms with Crippen LogP contribution in [0.3, 0.4) is 0 Å². The molecule has 1 aromatic rings. The standard InChI is InChI=1S/C16H19F3N2O4S/c1-11-2-3-12(26-11)13(22)20-8-9-24-15(10-20)4-6-21(7-5-15)25-14(23)16(17,18)19/h2-3H,4-10H2,1H3. The smallest absolute Gasteiger partial charge is 0.371 e. The summed E-state index contributed by atoms with van der Waals surface area (Å²) in [4.78, 5) is 31.4. The molecule has 0 radical (unpaired) electrons. The van der Waals surface area contributed by atoms with Crippen LogP contribution in [0.4, 0.5) is 13.2 Å². The molecule has 0 aliphatic carbocycles. The Labute approximate surface area is 152 Å². The topological polar surface area (TPSA) is 59.1 Å². The lowest BCUT2D eigenvalue weighted by atomic mass is 9.90. The third-order valence-electron chi connectivity index (χ3n) is 4.56. The highest BCUT2D eigenvalue weighted by molar-refractivity contribution is 7.13. The van der Waals surface area contributed by atoms with Gasteiger partial charge in [0.15, 0.2) is 0 Å². The Morgan fingerprint density at radius 2 is 1.92 bits per heavy atom. The van der Waals surface area contributed by atoms with Crippen LogP contribution >= 0.6 is 11.3 Å². The summed E-state index contributed by atoms with van der Waals surface area (Å²) in [5.74, 6) is -2.28. The molecule has 0 saturated carbocycles.